The number of carbonyl (C=O) groups excluding carboxylic acids is 1. The zero-order chi connectivity index (χ0) is 20.5. The fourth-order valence-electron chi connectivity index (χ4n) is 3.06. The lowest BCUT2D eigenvalue weighted by molar-refractivity contribution is -0.186. The molecule has 0 aliphatic carbocycles. The van der Waals surface area contributed by atoms with Crippen molar-refractivity contribution in [2.75, 3.05) is 13.6 Å². The van der Waals surface area contributed by atoms with Crippen LogP contribution in [0.3, 0.4) is 0 Å². The molecule has 0 spiro atoms. The van der Waals surface area contributed by atoms with Crippen LogP contribution in [0.15, 0.2) is 47.6 Å². The average Bonchev–Trinajstić information content (AvgIpc) is 2.66. The van der Waals surface area contributed by atoms with Crippen molar-refractivity contribution < 1.29 is 26.4 Å². The van der Waals surface area contributed by atoms with Crippen LogP contribution < -0.4 is 0 Å². The van der Waals surface area contributed by atoms with E-state index in [1.54, 1.807) is 30.6 Å². The number of sulfonamides is 1. The highest BCUT2D eigenvalue weighted by atomic mass is 32.2. The molecule has 0 saturated heterocycles. The summed E-state index contributed by atoms with van der Waals surface area (Å²) in [5.74, 6) is -1.92. The zero-order valence-corrected chi connectivity index (χ0v) is 15.8. The van der Waals surface area contributed by atoms with Crippen molar-refractivity contribution in [3.8, 4) is 0 Å². The number of halogens is 3. The first-order chi connectivity index (χ1) is 13.1. The van der Waals surface area contributed by atoms with E-state index in [9.17, 15) is 26.4 Å². The number of pyridine rings is 1. The van der Waals surface area contributed by atoms with E-state index < -0.39 is 22.1 Å². The van der Waals surface area contributed by atoms with Gasteiger partial charge in [-0.05, 0) is 41.3 Å². The third-order valence-electron chi connectivity index (χ3n) is 4.56. The topological polar surface area (TPSA) is 70.6 Å². The van der Waals surface area contributed by atoms with E-state index in [4.69, 9.17) is 0 Å². The zero-order valence-electron chi connectivity index (χ0n) is 15.0. The Hall–Kier alpha value is -2.46. The predicted molar refractivity (Wildman–Crippen MR) is 94.5 cm³/mol. The lowest BCUT2D eigenvalue weighted by atomic mass is 10.00. The Labute approximate surface area is 160 Å². The normalized spacial score (nSPS) is 14.8. The quantitative estimate of drug-likeness (QED) is 0.772. The van der Waals surface area contributed by atoms with Crippen LogP contribution in [0.25, 0.3) is 0 Å². The smallest absolute Gasteiger partial charge is 0.330 e. The molecule has 0 bridgehead atoms. The van der Waals surface area contributed by atoms with Gasteiger partial charge in [-0.3, -0.25) is 9.78 Å². The number of rotatable bonds is 4. The Kier molecular flexibility index (Phi) is 5.44. The molecule has 1 aromatic carbocycles. The van der Waals surface area contributed by atoms with Crippen molar-refractivity contribution in [1.82, 2.24) is 14.2 Å². The summed E-state index contributed by atoms with van der Waals surface area (Å²) >= 11 is 0. The monoisotopic (exact) mass is 413 g/mol. The van der Waals surface area contributed by atoms with E-state index in [0.29, 0.717) is 16.0 Å². The van der Waals surface area contributed by atoms with Crippen LogP contribution in [-0.4, -0.2) is 48.3 Å². The Morgan fingerprint density at radius 2 is 2.00 bits per heavy atom. The Morgan fingerprint density at radius 3 is 2.64 bits per heavy atom. The summed E-state index contributed by atoms with van der Waals surface area (Å²) in [6.45, 7) is -0.229. The predicted octanol–water partition coefficient (Wildman–Crippen LogP) is 2.35. The first-order valence-electron chi connectivity index (χ1n) is 8.42. The third kappa shape index (κ3) is 4.17. The molecule has 0 atom stereocenters. The van der Waals surface area contributed by atoms with E-state index in [0.717, 1.165) is 9.87 Å². The molecule has 6 nitrogen and oxygen atoms in total. The molecule has 2 aromatic rings. The minimum Gasteiger partial charge on any atom is -0.330 e. The van der Waals surface area contributed by atoms with Gasteiger partial charge in [0.2, 0.25) is 10.0 Å². The van der Waals surface area contributed by atoms with Gasteiger partial charge in [0.15, 0.2) is 0 Å². The van der Waals surface area contributed by atoms with Crippen LogP contribution in [0.5, 0.6) is 0 Å². The molecule has 0 radical (unpaired) electrons. The van der Waals surface area contributed by atoms with Crippen LogP contribution in [0.1, 0.15) is 16.7 Å². The summed E-state index contributed by atoms with van der Waals surface area (Å²) in [6.07, 6.45) is -1.58. The van der Waals surface area contributed by atoms with E-state index in [-0.39, 0.29) is 31.0 Å². The molecule has 1 aliphatic rings. The van der Waals surface area contributed by atoms with E-state index in [1.165, 1.54) is 19.2 Å². The van der Waals surface area contributed by atoms with Gasteiger partial charge in [-0.2, -0.15) is 17.5 Å². The van der Waals surface area contributed by atoms with E-state index in [1.807, 2.05) is 0 Å². The number of fused-ring (bicyclic) bond motifs is 1. The van der Waals surface area contributed by atoms with Gasteiger partial charge in [0.1, 0.15) is 0 Å². The molecule has 10 heteroatoms. The summed E-state index contributed by atoms with van der Waals surface area (Å²) in [6, 6.07) is 7.82. The molecule has 28 heavy (non-hydrogen) atoms. The third-order valence-corrected chi connectivity index (χ3v) is 6.36. The maximum Gasteiger partial charge on any atom is 0.471 e. The molecule has 0 unspecified atom stereocenters. The van der Waals surface area contributed by atoms with Crippen molar-refractivity contribution in [1.29, 1.82) is 0 Å². The largest absolute Gasteiger partial charge is 0.471 e. The summed E-state index contributed by atoms with van der Waals surface area (Å²) in [5.41, 5.74) is 1.84. The molecule has 1 aliphatic heterocycles. The molecule has 2 heterocycles. The summed E-state index contributed by atoms with van der Waals surface area (Å²) in [7, 11) is -2.44. The maximum absolute atomic E-state index is 12.8. The van der Waals surface area contributed by atoms with Crippen molar-refractivity contribution in [2.24, 2.45) is 0 Å². The van der Waals surface area contributed by atoms with Crippen LogP contribution >= 0.6 is 0 Å². The molecule has 0 N–H and O–H groups in total. The number of alkyl halides is 3. The molecule has 1 aromatic heterocycles. The maximum atomic E-state index is 12.8. The van der Waals surface area contributed by atoms with Crippen molar-refractivity contribution in [2.45, 2.75) is 30.6 Å². The highest BCUT2D eigenvalue weighted by Gasteiger charge is 2.43. The van der Waals surface area contributed by atoms with Gasteiger partial charge in [0.25, 0.3) is 0 Å². The number of carbonyl (C=O) groups is 1. The minimum absolute atomic E-state index is 0.0288. The van der Waals surface area contributed by atoms with Crippen LogP contribution in [0.2, 0.25) is 0 Å². The van der Waals surface area contributed by atoms with Gasteiger partial charge >= 0.3 is 12.1 Å². The van der Waals surface area contributed by atoms with Gasteiger partial charge < -0.3 is 4.90 Å². The Balaban J connectivity index is 1.83. The van der Waals surface area contributed by atoms with Crippen molar-refractivity contribution in [3.05, 3.63) is 59.4 Å². The SMILES string of the molecule is CN(Cc1cccnc1)S(=O)(=O)c1ccc2c(c1)CN(C(=O)C(F)(F)F)CC2. The summed E-state index contributed by atoms with van der Waals surface area (Å²) < 4.78 is 64.9. The van der Waals surface area contributed by atoms with Gasteiger partial charge in [-0.15, -0.1) is 0 Å². The first-order valence-corrected chi connectivity index (χ1v) is 9.86. The van der Waals surface area contributed by atoms with Crippen molar-refractivity contribution >= 4 is 15.9 Å². The van der Waals surface area contributed by atoms with Gasteiger partial charge in [0.05, 0.1) is 4.90 Å². The second-order valence-corrected chi connectivity index (χ2v) is 8.57. The molecule has 150 valence electrons. The Morgan fingerprint density at radius 1 is 1.25 bits per heavy atom. The molecular weight excluding hydrogens is 395 g/mol. The summed E-state index contributed by atoms with van der Waals surface area (Å²) in [4.78, 5) is 16.1. The molecule has 1 amide bonds. The summed E-state index contributed by atoms with van der Waals surface area (Å²) in [5, 5.41) is 0. The van der Waals surface area contributed by atoms with Crippen molar-refractivity contribution in [3.63, 3.8) is 0 Å². The number of hydrogen-bond acceptors (Lipinski definition) is 4. The molecule has 0 saturated carbocycles. The number of aromatic nitrogens is 1. The fraction of sp³-hybridized carbons (Fsp3) is 0.333. The minimum atomic E-state index is -4.95. The lowest BCUT2D eigenvalue weighted by Crippen LogP contribution is -2.43. The van der Waals surface area contributed by atoms with Gasteiger partial charge in [-0.1, -0.05) is 12.1 Å². The highest BCUT2D eigenvalue weighted by Crippen LogP contribution is 2.27. The standard InChI is InChI=1S/C18H18F3N3O3S/c1-23(11-13-3-2-7-22-10-13)28(26,27)16-5-4-14-6-8-24(12-15(14)9-16)17(25)18(19,20)21/h2-5,7,9-10H,6,8,11-12H2,1H3. The highest BCUT2D eigenvalue weighted by molar-refractivity contribution is 7.89. The average molecular weight is 413 g/mol. The number of amides is 1. The van der Waals surface area contributed by atoms with Gasteiger partial charge in [0, 0.05) is 39.1 Å². The van der Waals surface area contributed by atoms with E-state index in [2.05, 4.69) is 4.98 Å². The van der Waals surface area contributed by atoms with Gasteiger partial charge in [-0.25, -0.2) is 8.42 Å². The Bertz CT molecular complexity index is 979. The fourth-order valence-corrected chi connectivity index (χ4v) is 4.27. The number of hydrogen-bond donors (Lipinski definition) is 0. The van der Waals surface area contributed by atoms with Crippen LogP contribution in [-0.2, 0) is 34.3 Å². The first kappa shape index (κ1) is 20.3. The van der Waals surface area contributed by atoms with E-state index >= 15 is 0 Å². The second kappa shape index (κ2) is 7.51. The number of nitrogens with zero attached hydrogens (tertiary/aromatic N) is 3. The lowest BCUT2D eigenvalue weighted by Gasteiger charge is -2.30. The molecule has 3 rings (SSSR count). The molecular formula is C18H18F3N3O3S. The van der Waals surface area contributed by atoms with Crippen LogP contribution in [0, 0.1) is 0 Å². The second-order valence-electron chi connectivity index (χ2n) is 6.53. The molecule has 0 fully saturated rings. The number of benzene rings is 1. The van der Waals surface area contributed by atoms with Crippen LogP contribution in [0.4, 0.5) is 13.2 Å².